The van der Waals surface area contributed by atoms with Crippen LogP contribution < -0.4 is 5.56 Å². The van der Waals surface area contributed by atoms with Gasteiger partial charge in [-0.05, 0) is 74.8 Å². The van der Waals surface area contributed by atoms with Crippen LogP contribution in [0, 0.1) is 5.92 Å². The molecule has 2 heterocycles. The van der Waals surface area contributed by atoms with Crippen molar-refractivity contribution in [3.05, 3.63) is 88.8 Å². The molecule has 0 saturated carbocycles. The topological polar surface area (TPSA) is 38.1 Å². The summed E-state index contributed by atoms with van der Waals surface area (Å²) in [5.74, 6) is 0.812. The molecule has 1 aromatic heterocycles. The minimum atomic E-state index is 0.00502. The molecular formula is C26H31N3O. The normalized spacial score (nSPS) is 15.3. The number of likely N-dealkylation sites (tertiary alicyclic amines) is 1. The van der Waals surface area contributed by atoms with Crippen molar-refractivity contribution in [3.8, 4) is 11.1 Å². The average molecular weight is 402 g/mol. The monoisotopic (exact) mass is 401 g/mol. The van der Waals surface area contributed by atoms with E-state index in [9.17, 15) is 4.79 Å². The van der Waals surface area contributed by atoms with Gasteiger partial charge in [-0.1, -0.05) is 60.7 Å². The van der Waals surface area contributed by atoms with Crippen LogP contribution in [0.15, 0.2) is 77.7 Å². The summed E-state index contributed by atoms with van der Waals surface area (Å²) in [5, 5.41) is 4.29. The second-order valence-corrected chi connectivity index (χ2v) is 8.32. The highest BCUT2D eigenvalue weighted by molar-refractivity contribution is 5.61. The van der Waals surface area contributed by atoms with Gasteiger partial charge in [-0.3, -0.25) is 4.79 Å². The van der Waals surface area contributed by atoms with Crippen molar-refractivity contribution in [1.29, 1.82) is 0 Å². The number of hydrogen-bond donors (Lipinski definition) is 0. The van der Waals surface area contributed by atoms with Crippen molar-refractivity contribution < 1.29 is 0 Å². The molecule has 3 aromatic rings. The molecule has 4 rings (SSSR count). The quantitative estimate of drug-likeness (QED) is 0.516. The Labute approximate surface area is 179 Å². The smallest absolute Gasteiger partial charge is 0.274 e. The number of hydrogen-bond acceptors (Lipinski definition) is 3. The van der Waals surface area contributed by atoms with Gasteiger partial charge in [0.25, 0.3) is 5.56 Å². The molecule has 0 unspecified atom stereocenters. The molecule has 2 aromatic carbocycles. The van der Waals surface area contributed by atoms with Gasteiger partial charge in [-0.2, -0.15) is 5.10 Å². The standard InChI is InChI=1S/C26H31N3O/c30-26-25(24-11-5-2-6-12-24)13-16-27-29(26)18-8-7-17-28-19-14-23(15-20-28)21-22-9-3-1-4-10-22/h1-6,9-13,16,23H,7-8,14-15,17-21H2. The Bertz CT molecular complexity index is 960. The summed E-state index contributed by atoms with van der Waals surface area (Å²) in [6, 6.07) is 22.5. The van der Waals surface area contributed by atoms with Crippen LogP contribution in [-0.4, -0.2) is 34.3 Å². The molecule has 0 bridgehead atoms. The van der Waals surface area contributed by atoms with E-state index in [0.29, 0.717) is 6.54 Å². The number of piperidine rings is 1. The van der Waals surface area contributed by atoms with E-state index < -0.39 is 0 Å². The third-order valence-electron chi connectivity index (χ3n) is 6.17. The Morgan fingerprint density at radius 3 is 2.23 bits per heavy atom. The van der Waals surface area contributed by atoms with Crippen molar-refractivity contribution in [1.82, 2.24) is 14.7 Å². The lowest BCUT2D eigenvalue weighted by molar-refractivity contribution is 0.180. The maximum Gasteiger partial charge on any atom is 0.274 e. The van der Waals surface area contributed by atoms with Crippen LogP contribution in [0.3, 0.4) is 0 Å². The summed E-state index contributed by atoms with van der Waals surface area (Å²) in [6.45, 7) is 4.19. The highest BCUT2D eigenvalue weighted by Crippen LogP contribution is 2.22. The van der Waals surface area contributed by atoms with Crippen LogP contribution in [0.5, 0.6) is 0 Å². The van der Waals surface area contributed by atoms with E-state index in [1.165, 1.54) is 37.9 Å². The first-order chi connectivity index (χ1) is 14.8. The number of aryl methyl sites for hydroxylation is 1. The van der Waals surface area contributed by atoms with Gasteiger partial charge in [0.05, 0.1) is 5.56 Å². The maximum absolute atomic E-state index is 12.7. The van der Waals surface area contributed by atoms with Crippen molar-refractivity contribution in [3.63, 3.8) is 0 Å². The summed E-state index contributed by atoms with van der Waals surface area (Å²) in [4.78, 5) is 15.3. The second-order valence-electron chi connectivity index (χ2n) is 8.32. The van der Waals surface area contributed by atoms with Crippen molar-refractivity contribution in [2.75, 3.05) is 19.6 Å². The number of benzene rings is 2. The van der Waals surface area contributed by atoms with E-state index in [2.05, 4.69) is 40.3 Å². The van der Waals surface area contributed by atoms with Crippen LogP contribution in [0.2, 0.25) is 0 Å². The Morgan fingerprint density at radius 1 is 0.833 bits per heavy atom. The third kappa shape index (κ3) is 5.45. The Kier molecular flexibility index (Phi) is 7.09. The summed E-state index contributed by atoms with van der Waals surface area (Å²) in [6.07, 6.45) is 7.61. The summed E-state index contributed by atoms with van der Waals surface area (Å²) in [7, 11) is 0. The van der Waals surface area contributed by atoms with Gasteiger partial charge < -0.3 is 4.90 Å². The SMILES string of the molecule is O=c1c(-c2ccccc2)ccnn1CCCCN1CCC(Cc2ccccc2)CC1. The summed E-state index contributed by atoms with van der Waals surface area (Å²) >= 11 is 0. The van der Waals surface area contributed by atoms with Crippen LogP contribution >= 0.6 is 0 Å². The summed E-state index contributed by atoms with van der Waals surface area (Å²) < 4.78 is 1.62. The first kappa shape index (κ1) is 20.5. The first-order valence-corrected chi connectivity index (χ1v) is 11.2. The molecule has 30 heavy (non-hydrogen) atoms. The van der Waals surface area contributed by atoms with E-state index >= 15 is 0 Å². The van der Waals surface area contributed by atoms with Crippen molar-refractivity contribution >= 4 is 0 Å². The van der Waals surface area contributed by atoms with Gasteiger partial charge in [0.2, 0.25) is 0 Å². The predicted octanol–water partition coefficient (Wildman–Crippen LogP) is 4.65. The van der Waals surface area contributed by atoms with Gasteiger partial charge in [0, 0.05) is 12.7 Å². The second kappa shape index (κ2) is 10.4. The molecule has 0 spiro atoms. The molecular weight excluding hydrogens is 370 g/mol. The van der Waals surface area contributed by atoms with Crippen LogP contribution in [-0.2, 0) is 13.0 Å². The van der Waals surface area contributed by atoms with Gasteiger partial charge in [-0.15, -0.1) is 0 Å². The number of rotatable bonds is 8. The zero-order valence-electron chi connectivity index (χ0n) is 17.6. The Hall–Kier alpha value is -2.72. The molecule has 1 aliphatic rings. The van der Waals surface area contributed by atoms with Crippen molar-refractivity contribution in [2.24, 2.45) is 5.92 Å². The lowest BCUT2D eigenvalue weighted by Gasteiger charge is -2.32. The van der Waals surface area contributed by atoms with Crippen LogP contribution in [0.1, 0.15) is 31.2 Å². The van der Waals surface area contributed by atoms with E-state index in [1.807, 2.05) is 36.4 Å². The zero-order valence-corrected chi connectivity index (χ0v) is 17.6. The molecule has 0 atom stereocenters. The van der Waals surface area contributed by atoms with Gasteiger partial charge in [0.15, 0.2) is 0 Å². The zero-order chi connectivity index (χ0) is 20.6. The van der Waals surface area contributed by atoms with E-state index in [1.54, 1.807) is 10.9 Å². The van der Waals surface area contributed by atoms with Gasteiger partial charge in [-0.25, -0.2) is 4.68 Å². The fourth-order valence-electron chi connectivity index (χ4n) is 4.41. The number of aromatic nitrogens is 2. The van der Waals surface area contributed by atoms with Crippen LogP contribution in [0.4, 0.5) is 0 Å². The number of nitrogens with zero attached hydrogens (tertiary/aromatic N) is 3. The minimum Gasteiger partial charge on any atom is -0.303 e. The largest absolute Gasteiger partial charge is 0.303 e. The third-order valence-corrected chi connectivity index (χ3v) is 6.17. The van der Waals surface area contributed by atoms with E-state index in [4.69, 9.17) is 0 Å². The lowest BCUT2D eigenvalue weighted by Crippen LogP contribution is -2.35. The van der Waals surface area contributed by atoms with E-state index in [0.717, 1.165) is 36.4 Å². The molecule has 4 heteroatoms. The molecule has 0 amide bonds. The molecule has 0 N–H and O–H groups in total. The van der Waals surface area contributed by atoms with Crippen LogP contribution in [0.25, 0.3) is 11.1 Å². The summed E-state index contributed by atoms with van der Waals surface area (Å²) in [5.41, 5.74) is 3.15. The van der Waals surface area contributed by atoms with Gasteiger partial charge >= 0.3 is 0 Å². The fraction of sp³-hybridized carbons (Fsp3) is 0.385. The molecule has 156 valence electrons. The minimum absolute atomic E-state index is 0.00502. The Balaban J connectivity index is 1.20. The average Bonchev–Trinajstić information content (AvgIpc) is 2.80. The molecule has 1 aliphatic heterocycles. The highest BCUT2D eigenvalue weighted by atomic mass is 16.1. The Morgan fingerprint density at radius 2 is 1.50 bits per heavy atom. The molecule has 1 saturated heterocycles. The predicted molar refractivity (Wildman–Crippen MR) is 122 cm³/mol. The molecule has 1 fully saturated rings. The molecule has 4 nitrogen and oxygen atoms in total. The molecule has 0 radical (unpaired) electrons. The molecule has 0 aliphatic carbocycles. The number of unbranched alkanes of at least 4 members (excludes halogenated alkanes) is 1. The van der Waals surface area contributed by atoms with Crippen molar-refractivity contribution in [2.45, 2.75) is 38.6 Å². The highest BCUT2D eigenvalue weighted by Gasteiger charge is 2.19. The van der Waals surface area contributed by atoms with E-state index in [-0.39, 0.29) is 5.56 Å². The fourth-order valence-corrected chi connectivity index (χ4v) is 4.41. The lowest BCUT2D eigenvalue weighted by atomic mass is 9.90. The van der Waals surface area contributed by atoms with Gasteiger partial charge in [0.1, 0.15) is 0 Å². The first-order valence-electron chi connectivity index (χ1n) is 11.2. The maximum atomic E-state index is 12.7.